The second-order valence-electron chi connectivity index (χ2n) is 5.47. The normalized spacial score (nSPS) is 19.0. The van der Waals surface area contributed by atoms with Crippen molar-refractivity contribution in [1.29, 1.82) is 0 Å². The van der Waals surface area contributed by atoms with Crippen molar-refractivity contribution in [3.05, 3.63) is 96.6 Å². The Labute approximate surface area is 130 Å². The third kappa shape index (κ3) is 2.23. The van der Waals surface area contributed by atoms with Crippen molar-refractivity contribution in [3.63, 3.8) is 0 Å². The summed E-state index contributed by atoms with van der Waals surface area (Å²) in [5.74, 6) is 0.580. The van der Waals surface area contributed by atoms with Gasteiger partial charge < -0.3 is 10.2 Å². The van der Waals surface area contributed by atoms with Gasteiger partial charge in [-0.05, 0) is 35.4 Å². The number of benzene rings is 2. The Kier molecular flexibility index (Phi) is 3.60. The molecule has 2 heteroatoms. The molecule has 0 saturated heterocycles. The molecule has 0 heterocycles. The van der Waals surface area contributed by atoms with E-state index in [1.165, 1.54) is 0 Å². The molecule has 1 aliphatic carbocycles. The Bertz CT molecular complexity index is 676. The number of phenolic OH excluding ortho intramolecular Hbond substituents is 2. The highest BCUT2D eigenvalue weighted by molar-refractivity contribution is 5.52. The zero-order valence-electron chi connectivity index (χ0n) is 12.2. The minimum Gasteiger partial charge on any atom is -0.508 e. The van der Waals surface area contributed by atoms with Crippen LogP contribution in [0.15, 0.2) is 85.5 Å². The predicted octanol–water partition coefficient (Wildman–Crippen LogP) is 4.31. The molecule has 0 fully saturated rings. The molecule has 1 aliphatic rings. The van der Waals surface area contributed by atoms with Gasteiger partial charge in [-0.25, -0.2) is 0 Å². The standard InChI is InChI=1S/C20H18O2/c1-2-15-5-3-4-14-20(15,16-6-10-18(21)11-7-16)17-8-12-19(22)13-9-17/h2-15,21-22H,1H2. The largest absolute Gasteiger partial charge is 0.508 e. The highest BCUT2D eigenvalue weighted by atomic mass is 16.3. The molecule has 2 aromatic carbocycles. The van der Waals surface area contributed by atoms with Gasteiger partial charge in [0.2, 0.25) is 0 Å². The van der Waals surface area contributed by atoms with E-state index < -0.39 is 5.41 Å². The number of allylic oxidation sites excluding steroid dienone is 5. The summed E-state index contributed by atoms with van der Waals surface area (Å²) >= 11 is 0. The van der Waals surface area contributed by atoms with E-state index in [0.29, 0.717) is 0 Å². The van der Waals surface area contributed by atoms with E-state index in [2.05, 4.69) is 18.7 Å². The smallest absolute Gasteiger partial charge is 0.115 e. The molecule has 0 aliphatic heterocycles. The van der Waals surface area contributed by atoms with E-state index in [1.54, 1.807) is 24.3 Å². The van der Waals surface area contributed by atoms with E-state index in [4.69, 9.17) is 0 Å². The van der Waals surface area contributed by atoms with Crippen molar-refractivity contribution in [1.82, 2.24) is 0 Å². The van der Waals surface area contributed by atoms with Crippen LogP contribution in [-0.4, -0.2) is 10.2 Å². The Morgan fingerprint density at radius 3 is 1.77 bits per heavy atom. The summed E-state index contributed by atoms with van der Waals surface area (Å²) < 4.78 is 0. The van der Waals surface area contributed by atoms with Gasteiger partial charge in [0.05, 0.1) is 0 Å². The summed E-state index contributed by atoms with van der Waals surface area (Å²) in [6.45, 7) is 3.98. The first-order valence-corrected chi connectivity index (χ1v) is 7.24. The second-order valence-corrected chi connectivity index (χ2v) is 5.47. The van der Waals surface area contributed by atoms with Gasteiger partial charge in [0.15, 0.2) is 0 Å². The van der Waals surface area contributed by atoms with Crippen LogP contribution >= 0.6 is 0 Å². The molecule has 3 rings (SSSR count). The molecule has 22 heavy (non-hydrogen) atoms. The summed E-state index contributed by atoms with van der Waals surface area (Å²) in [6, 6.07) is 14.5. The topological polar surface area (TPSA) is 40.5 Å². The van der Waals surface area contributed by atoms with E-state index in [1.807, 2.05) is 42.5 Å². The molecular formula is C20H18O2. The number of aromatic hydroxyl groups is 2. The highest BCUT2D eigenvalue weighted by Crippen LogP contribution is 2.44. The van der Waals surface area contributed by atoms with Gasteiger partial charge in [0.1, 0.15) is 11.5 Å². The van der Waals surface area contributed by atoms with Gasteiger partial charge >= 0.3 is 0 Å². The third-order valence-corrected chi connectivity index (χ3v) is 4.26. The lowest BCUT2D eigenvalue weighted by molar-refractivity contribution is 0.472. The number of hydrogen-bond acceptors (Lipinski definition) is 2. The van der Waals surface area contributed by atoms with Crippen molar-refractivity contribution in [2.24, 2.45) is 5.92 Å². The monoisotopic (exact) mass is 290 g/mol. The lowest BCUT2D eigenvalue weighted by Gasteiger charge is -2.38. The molecular weight excluding hydrogens is 272 g/mol. The first-order valence-electron chi connectivity index (χ1n) is 7.24. The van der Waals surface area contributed by atoms with Gasteiger partial charge in [-0.3, -0.25) is 0 Å². The average molecular weight is 290 g/mol. The molecule has 0 bridgehead atoms. The summed E-state index contributed by atoms with van der Waals surface area (Å²) in [4.78, 5) is 0. The van der Waals surface area contributed by atoms with Crippen molar-refractivity contribution in [2.75, 3.05) is 0 Å². The summed E-state index contributed by atoms with van der Waals surface area (Å²) in [7, 11) is 0. The minimum atomic E-state index is -0.391. The van der Waals surface area contributed by atoms with Crippen LogP contribution in [0, 0.1) is 5.92 Å². The fourth-order valence-electron chi connectivity index (χ4n) is 3.14. The van der Waals surface area contributed by atoms with Crippen molar-refractivity contribution in [2.45, 2.75) is 5.41 Å². The maximum absolute atomic E-state index is 9.58. The molecule has 0 amide bonds. The minimum absolute atomic E-state index is 0.0894. The SMILES string of the molecule is C=CC1C=CC=CC1(c1ccc(O)cc1)c1ccc(O)cc1. The zero-order chi connectivity index (χ0) is 15.6. The van der Waals surface area contributed by atoms with Crippen molar-refractivity contribution < 1.29 is 10.2 Å². The van der Waals surface area contributed by atoms with Crippen LogP contribution in [-0.2, 0) is 5.41 Å². The fraction of sp³-hybridized carbons (Fsp3) is 0.100. The van der Waals surface area contributed by atoms with Crippen LogP contribution in [0.1, 0.15) is 11.1 Å². The van der Waals surface area contributed by atoms with Crippen LogP contribution in [0.5, 0.6) is 11.5 Å². The van der Waals surface area contributed by atoms with Gasteiger partial charge in [0, 0.05) is 11.3 Å². The molecule has 1 atom stereocenters. The summed E-state index contributed by atoms with van der Waals surface area (Å²) in [6.07, 6.45) is 10.2. The van der Waals surface area contributed by atoms with Crippen LogP contribution in [0.2, 0.25) is 0 Å². The maximum atomic E-state index is 9.58. The van der Waals surface area contributed by atoms with Crippen LogP contribution in [0.4, 0.5) is 0 Å². The Morgan fingerprint density at radius 1 is 0.818 bits per heavy atom. The van der Waals surface area contributed by atoms with E-state index in [9.17, 15) is 10.2 Å². The number of hydrogen-bond donors (Lipinski definition) is 2. The van der Waals surface area contributed by atoms with Gasteiger partial charge in [-0.2, -0.15) is 0 Å². The average Bonchev–Trinajstić information content (AvgIpc) is 2.56. The lowest BCUT2D eigenvalue weighted by atomic mass is 9.64. The molecule has 0 saturated carbocycles. The molecule has 0 radical (unpaired) electrons. The van der Waals surface area contributed by atoms with Gasteiger partial charge in [0.25, 0.3) is 0 Å². The van der Waals surface area contributed by atoms with Crippen LogP contribution in [0.3, 0.4) is 0 Å². The van der Waals surface area contributed by atoms with Crippen LogP contribution in [0.25, 0.3) is 0 Å². The fourth-order valence-corrected chi connectivity index (χ4v) is 3.14. The van der Waals surface area contributed by atoms with Crippen molar-refractivity contribution >= 4 is 0 Å². The van der Waals surface area contributed by atoms with E-state index in [0.717, 1.165) is 11.1 Å². The molecule has 2 N–H and O–H groups in total. The maximum Gasteiger partial charge on any atom is 0.115 e. The van der Waals surface area contributed by atoms with E-state index >= 15 is 0 Å². The van der Waals surface area contributed by atoms with Crippen LogP contribution < -0.4 is 0 Å². The predicted molar refractivity (Wildman–Crippen MR) is 89.0 cm³/mol. The van der Waals surface area contributed by atoms with Crippen molar-refractivity contribution in [3.8, 4) is 11.5 Å². The highest BCUT2D eigenvalue weighted by Gasteiger charge is 2.38. The Balaban J connectivity index is 2.24. The molecule has 1 unspecified atom stereocenters. The van der Waals surface area contributed by atoms with E-state index in [-0.39, 0.29) is 17.4 Å². The number of phenols is 2. The zero-order valence-corrected chi connectivity index (χ0v) is 12.2. The summed E-state index contributed by atoms with van der Waals surface area (Å²) in [5, 5.41) is 19.2. The molecule has 0 aromatic heterocycles. The van der Waals surface area contributed by atoms with Gasteiger partial charge in [-0.1, -0.05) is 54.6 Å². The third-order valence-electron chi connectivity index (χ3n) is 4.26. The van der Waals surface area contributed by atoms with Gasteiger partial charge in [-0.15, -0.1) is 6.58 Å². The Morgan fingerprint density at radius 2 is 1.32 bits per heavy atom. The quantitative estimate of drug-likeness (QED) is 0.827. The first kappa shape index (κ1) is 14.2. The summed E-state index contributed by atoms with van der Waals surface area (Å²) in [5.41, 5.74) is 1.75. The Hall–Kier alpha value is -2.74. The lowest BCUT2D eigenvalue weighted by Crippen LogP contribution is -2.33. The molecule has 2 nitrogen and oxygen atoms in total. The first-order chi connectivity index (χ1) is 10.7. The molecule has 110 valence electrons. The molecule has 0 spiro atoms. The second kappa shape index (κ2) is 5.57. The number of rotatable bonds is 3. The molecule has 2 aromatic rings.